The molecule has 6 heteroatoms. The van der Waals surface area contributed by atoms with Crippen molar-refractivity contribution in [2.24, 2.45) is 11.1 Å². The van der Waals surface area contributed by atoms with Gasteiger partial charge in [0.25, 0.3) is 5.91 Å². The van der Waals surface area contributed by atoms with Crippen molar-refractivity contribution in [3.05, 3.63) is 23.8 Å². The Morgan fingerprint density at radius 2 is 2.19 bits per heavy atom. The maximum Gasteiger partial charge on any atom is 0.253 e. The zero-order chi connectivity index (χ0) is 15.6. The van der Waals surface area contributed by atoms with Crippen LogP contribution in [0.2, 0.25) is 0 Å². The van der Waals surface area contributed by atoms with E-state index in [2.05, 4.69) is 5.32 Å². The van der Waals surface area contributed by atoms with Crippen LogP contribution in [0, 0.1) is 5.41 Å². The predicted molar refractivity (Wildman–Crippen MR) is 85.6 cm³/mol. The molecule has 0 aliphatic carbocycles. The second-order valence-electron chi connectivity index (χ2n) is 6.08. The summed E-state index contributed by atoms with van der Waals surface area (Å²) in [6, 6.07) is 5.43. The minimum Gasteiger partial charge on any atom is -0.341 e. The van der Waals surface area contributed by atoms with Gasteiger partial charge < -0.3 is 16.0 Å². The Morgan fingerprint density at radius 1 is 1.48 bits per heavy atom. The number of anilines is 1. The molecule has 0 saturated heterocycles. The normalized spacial score (nSPS) is 14.4. The second-order valence-corrected chi connectivity index (χ2v) is 7.09. The topological polar surface area (TPSA) is 75.4 Å². The third-order valence-electron chi connectivity index (χ3n) is 3.42. The van der Waals surface area contributed by atoms with Crippen molar-refractivity contribution >= 4 is 29.3 Å². The predicted octanol–water partition coefficient (Wildman–Crippen LogP) is 1.79. The van der Waals surface area contributed by atoms with Crippen molar-refractivity contribution in [3.8, 4) is 0 Å². The highest BCUT2D eigenvalue weighted by Crippen LogP contribution is 2.32. The number of hydrogen-bond donors (Lipinski definition) is 2. The van der Waals surface area contributed by atoms with Gasteiger partial charge in [-0.3, -0.25) is 9.59 Å². The van der Waals surface area contributed by atoms with E-state index in [0.29, 0.717) is 30.1 Å². The third-order valence-corrected chi connectivity index (χ3v) is 4.50. The molecule has 0 unspecified atom stereocenters. The maximum absolute atomic E-state index is 12.5. The van der Waals surface area contributed by atoms with Crippen LogP contribution in [0.4, 0.5) is 5.69 Å². The van der Waals surface area contributed by atoms with Gasteiger partial charge in [-0.05, 0) is 30.2 Å². The Morgan fingerprint density at radius 3 is 2.86 bits per heavy atom. The highest BCUT2D eigenvalue weighted by Gasteiger charge is 2.23. The second kappa shape index (κ2) is 6.07. The molecule has 114 valence electrons. The Hall–Kier alpha value is -1.53. The molecule has 1 aliphatic rings. The molecule has 0 bridgehead atoms. The fraction of sp³-hybridized carbons (Fsp3) is 0.467. The lowest BCUT2D eigenvalue weighted by atomic mass is 9.93. The smallest absolute Gasteiger partial charge is 0.253 e. The van der Waals surface area contributed by atoms with E-state index in [9.17, 15) is 9.59 Å². The molecule has 2 rings (SSSR count). The van der Waals surface area contributed by atoms with Gasteiger partial charge in [0.2, 0.25) is 5.91 Å². The number of nitrogens with one attached hydrogen (secondary N) is 1. The van der Waals surface area contributed by atoms with Crippen LogP contribution in [-0.4, -0.2) is 42.6 Å². The minimum atomic E-state index is -0.122. The van der Waals surface area contributed by atoms with E-state index in [0.717, 1.165) is 4.90 Å². The van der Waals surface area contributed by atoms with Gasteiger partial charge >= 0.3 is 0 Å². The largest absolute Gasteiger partial charge is 0.341 e. The molecular weight excluding hydrogens is 286 g/mol. The number of benzene rings is 1. The summed E-state index contributed by atoms with van der Waals surface area (Å²) in [6.45, 7) is 5.16. The first-order chi connectivity index (χ1) is 9.82. The number of carbonyl (C=O) groups excluding carboxylic acids is 2. The summed E-state index contributed by atoms with van der Waals surface area (Å²) in [5.41, 5.74) is 6.88. The number of fused-ring (bicyclic) bond motifs is 1. The molecule has 0 saturated carbocycles. The van der Waals surface area contributed by atoms with E-state index in [1.54, 1.807) is 24.1 Å². The van der Waals surface area contributed by atoms with Crippen LogP contribution in [0.1, 0.15) is 24.2 Å². The molecular formula is C15H21N3O2S. The van der Waals surface area contributed by atoms with Gasteiger partial charge in [0.05, 0.1) is 11.4 Å². The molecule has 3 N–H and O–H groups in total. The molecule has 1 aliphatic heterocycles. The summed E-state index contributed by atoms with van der Waals surface area (Å²) in [4.78, 5) is 26.6. The standard InChI is InChI=1S/C15H21N3O2S/c1-15(2,8-16)9-18(3)14(20)10-4-5-12-11(6-10)17-13(19)7-21-12/h4-6H,7-9,16H2,1-3H3,(H,17,19). The number of nitrogens with zero attached hydrogens (tertiary/aromatic N) is 1. The van der Waals surface area contributed by atoms with Gasteiger partial charge in [-0.2, -0.15) is 0 Å². The van der Waals surface area contributed by atoms with Gasteiger partial charge in [0.1, 0.15) is 0 Å². The Kier molecular flexibility index (Phi) is 4.58. The number of carbonyl (C=O) groups is 2. The average molecular weight is 307 g/mol. The van der Waals surface area contributed by atoms with Crippen molar-refractivity contribution in [3.63, 3.8) is 0 Å². The Balaban J connectivity index is 2.16. The van der Waals surface area contributed by atoms with E-state index >= 15 is 0 Å². The number of nitrogens with two attached hydrogens (primary N) is 1. The molecule has 2 amide bonds. The molecule has 1 heterocycles. The molecule has 0 atom stereocenters. The lowest BCUT2D eigenvalue weighted by Crippen LogP contribution is -2.39. The molecule has 1 aromatic rings. The Bertz CT molecular complexity index is 572. The van der Waals surface area contributed by atoms with Gasteiger partial charge in [-0.15, -0.1) is 11.8 Å². The highest BCUT2D eigenvalue weighted by molar-refractivity contribution is 8.00. The van der Waals surface area contributed by atoms with E-state index in [1.165, 1.54) is 11.8 Å². The van der Waals surface area contributed by atoms with Crippen molar-refractivity contribution in [1.82, 2.24) is 4.90 Å². The average Bonchev–Trinajstić information content (AvgIpc) is 2.45. The molecule has 0 radical (unpaired) electrons. The van der Waals surface area contributed by atoms with E-state index in [-0.39, 0.29) is 17.2 Å². The molecule has 0 spiro atoms. The van der Waals surface area contributed by atoms with Crippen LogP contribution in [0.5, 0.6) is 0 Å². The number of hydrogen-bond acceptors (Lipinski definition) is 4. The van der Waals surface area contributed by atoms with Crippen molar-refractivity contribution < 1.29 is 9.59 Å². The first-order valence-electron chi connectivity index (χ1n) is 6.85. The van der Waals surface area contributed by atoms with E-state index < -0.39 is 0 Å². The fourth-order valence-corrected chi connectivity index (χ4v) is 3.00. The SMILES string of the molecule is CN(CC(C)(C)CN)C(=O)c1ccc2c(c1)NC(=O)CS2. The van der Waals surface area contributed by atoms with Crippen molar-refractivity contribution in [2.75, 3.05) is 31.2 Å². The van der Waals surface area contributed by atoms with E-state index in [1.807, 2.05) is 19.9 Å². The van der Waals surface area contributed by atoms with Crippen LogP contribution >= 0.6 is 11.8 Å². The van der Waals surface area contributed by atoms with E-state index in [4.69, 9.17) is 5.73 Å². The van der Waals surface area contributed by atoms with Crippen LogP contribution in [0.15, 0.2) is 23.1 Å². The first-order valence-corrected chi connectivity index (χ1v) is 7.83. The van der Waals surface area contributed by atoms with Crippen molar-refractivity contribution in [1.29, 1.82) is 0 Å². The number of amides is 2. The molecule has 21 heavy (non-hydrogen) atoms. The van der Waals surface area contributed by atoms with Gasteiger partial charge in [0.15, 0.2) is 0 Å². The maximum atomic E-state index is 12.5. The zero-order valence-electron chi connectivity index (χ0n) is 12.6. The van der Waals surface area contributed by atoms with Gasteiger partial charge in [0, 0.05) is 24.1 Å². The van der Waals surface area contributed by atoms with Crippen LogP contribution in [0.3, 0.4) is 0 Å². The lowest BCUT2D eigenvalue weighted by molar-refractivity contribution is -0.113. The summed E-state index contributed by atoms with van der Waals surface area (Å²) in [5.74, 6) is 0.323. The molecule has 0 aromatic heterocycles. The Labute approximate surface area is 129 Å². The van der Waals surface area contributed by atoms with Gasteiger partial charge in [-0.25, -0.2) is 0 Å². The summed E-state index contributed by atoms with van der Waals surface area (Å²) in [7, 11) is 1.77. The highest BCUT2D eigenvalue weighted by atomic mass is 32.2. The summed E-state index contributed by atoms with van der Waals surface area (Å²) in [6.07, 6.45) is 0. The molecule has 5 nitrogen and oxygen atoms in total. The zero-order valence-corrected chi connectivity index (χ0v) is 13.4. The molecule has 1 aromatic carbocycles. The number of rotatable bonds is 4. The first kappa shape index (κ1) is 15.9. The third kappa shape index (κ3) is 3.77. The van der Waals surface area contributed by atoms with Crippen LogP contribution in [0.25, 0.3) is 0 Å². The summed E-state index contributed by atoms with van der Waals surface area (Å²) >= 11 is 1.49. The van der Waals surface area contributed by atoms with Gasteiger partial charge in [-0.1, -0.05) is 13.8 Å². The molecule has 0 fully saturated rings. The van der Waals surface area contributed by atoms with Crippen LogP contribution < -0.4 is 11.1 Å². The monoisotopic (exact) mass is 307 g/mol. The van der Waals surface area contributed by atoms with Crippen LogP contribution in [-0.2, 0) is 4.79 Å². The fourth-order valence-electron chi connectivity index (χ4n) is 2.21. The minimum absolute atomic E-state index is 0.0327. The quantitative estimate of drug-likeness (QED) is 0.889. The summed E-state index contributed by atoms with van der Waals surface area (Å²) in [5, 5.41) is 2.80. The lowest BCUT2D eigenvalue weighted by Gasteiger charge is -2.29. The number of thioether (sulfide) groups is 1. The van der Waals surface area contributed by atoms with Crippen molar-refractivity contribution in [2.45, 2.75) is 18.7 Å². The summed E-state index contributed by atoms with van der Waals surface area (Å²) < 4.78 is 0.